The Bertz CT molecular complexity index is 7290. The summed E-state index contributed by atoms with van der Waals surface area (Å²) in [4.78, 5) is 86.5. The monoisotopic (exact) mass is 1930 g/mol. The van der Waals surface area contributed by atoms with Gasteiger partial charge in [0.05, 0.1) is 79.3 Å². The maximum absolute atomic E-state index is 13.7. The number of nitrogen functional groups attached to an aromatic ring is 1. The highest BCUT2D eigenvalue weighted by Crippen LogP contribution is 2.48. The van der Waals surface area contributed by atoms with Gasteiger partial charge in [0, 0.05) is 161 Å². The number of carbonyl (C=O) groups excluding carboxylic acids is 2. The average Bonchev–Trinajstić information content (AvgIpc) is 1.45. The van der Waals surface area contributed by atoms with Crippen LogP contribution in [0.15, 0.2) is 180 Å². The van der Waals surface area contributed by atoms with Crippen molar-refractivity contribution >= 4 is 237 Å². The Balaban J connectivity index is 0.000000146. The fourth-order valence-corrected chi connectivity index (χ4v) is 22.7. The molecule has 4 aromatic heterocycles. The fraction of sp³-hybridized carbons (Fsp3) is 0.195. The van der Waals surface area contributed by atoms with E-state index in [1.54, 1.807) is 30.3 Å². The lowest BCUT2D eigenvalue weighted by molar-refractivity contribution is -0.115. The third-order valence-corrected chi connectivity index (χ3v) is 28.2. The van der Waals surface area contributed by atoms with E-state index in [1.165, 1.54) is 154 Å². The average molecular weight is 1930 g/mol. The van der Waals surface area contributed by atoms with E-state index in [4.69, 9.17) is 83.2 Å². The Kier molecular flexibility index (Phi) is 25.9. The molecule has 0 unspecified atom stereocenters. The SMILES string of the molecule is C[Si](C)(C)I.[C-]#[N+]c1cc(N(C)C)c2c(c1)N(S(=O)(=O)c1cccc3c(=O)[nH]cc(Cl)c13)CC2.[C-]#[N+]c1cc(N)c2c(c1)N(S(=O)(=O)c1cccc3c(=O)[nH]cc(Cl)c13)CC2.[C-]#[N+]c1cc(NC(C)=O)c2c(c1)N(S(=O)(=O)c1cccc3c(=O)[nH]cc(Cl)c13)CC2.[C-]#[N+]c1cc(NC(C)=O)c2c(c1)N(S(=O)(=O)c1cccc3c(OC)ncc(Cl)c13)CC2. The summed E-state index contributed by atoms with van der Waals surface area (Å²) < 4.78 is 119. The first-order chi connectivity index (χ1) is 57.6. The molecule has 30 nitrogen and oxygen atoms in total. The van der Waals surface area contributed by atoms with Gasteiger partial charge in [0.25, 0.3) is 56.8 Å². The second-order valence-corrected chi connectivity index (χ2v) is 51.6. The van der Waals surface area contributed by atoms with E-state index in [0.717, 1.165) is 11.3 Å². The van der Waals surface area contributed by atoms with Crippen LogP contribution < -0.4 is 59.9 Å². The van der Waals surface area contributed by atoms with Crippen molar-refractivity contribution in [2.24, 2.45) is 0 Å². The number of rotatable bonds is 12. The number of nitrogens with two attached hydrogens (primary N) is 1. The smallest absolute Gasteiger partial charge is 0.264 e. The van der Waals surface area contributed by atoms with Gasteiger partial charge in [-0.3, -0.25) is 41.2 Å². The highest BCUT2D eigenvalue weighted by molar-refractivity contribution is 14.1. The predicted octanol–water partition coefficient (Wildman–Crippen LogP) is 16.5. The molecule has 12 aromatic rings. The number of fused-ring (bicyclic) bond motifs is 8. The van der Waals surface area contributed by atoms with E-state index >= 15 is 0 Å². The number of nitrogens with one attached hydrogen (secondary N) is 5. The van der Waals surface area contributed by atoms with Gasteiger partial charge in [-0.1, -0.05) is 90.3 Å². The molecule has 2 amide bonds. The van der Waals surface area contributed by atoms with Gasteiger partial charge in [-0.15, -0.1) is 21.8 Å². The standard InChI is InChI=1S/C21H17ClN4O4S.C20H15ClN4O4S.C20H17ClN4O3S.C18H13ClN4O3S.C3H9ISi/c1-12(27)25-17-9-13(23-2)10-18-14(17)7-8-26(18)31(28,29)19-6-4-5-15-20(19)16(22)11-24-21(15)30-3;1-11(26)24-16-8-12(22-2)9-17-13(16)6-7-25(17)30(28,29)18-5-3-4-14-19(18)15(21)10-23-20(14)27;1-22-12-9-16(24(2)3)13-7-8-25(17(13)10-12)29(27,28)18-6-4-5-14-19(18)15(21)11-23-20(14)26;1-21-10-7-14(20)11-5-6-23(15(11)8-10)27(25,26)16-4-2-3-12-17(16)13(19)9-22-18(12)24;1-5(2,3)4/h4-6,9-11H,7-8H2,1,3H3,(H,25,27);3-5,8-10H,6-7H2,1H3,(H,23,27)(H,24,26);4-6,9-11H,7-8H2,2-3H3,(H,23,26);2-4,7-9H,5-6,20H2,(H,22,24);1-3H3. The highest BCUT2D eigenvalue weighted by atomic mass is 127. The van der Waals surface area contributed by atoms with Crippen molar-refractivity contribution in [1.82, 2.24) is 19.9 Å². The largest absolute Gasteiger partial charge is 0.481 e. The first-order valence-corrected chi connectivity index (χ1v) is 50.5. The van der Waals surface area contributed by atoms with Gasteiger partial charge in [0.2, 0.25) is 17.7 Å². The molecule has 626 valence electrons. The number of hydrogen-bond donors (Lipinski definition) is 6. The molecule has 7 N–H and O–H groups in total. The molecule has 0 spiro atoms. The Morgan fingerprint density at radius 2 is 0.779 bits per heavy atom. The van der Waals surface area contributed by atoms with Gasteiger partial charge in [-0.2, -0.15) is 0 Å². The number of H-pyrrole nitrogens is 3. The number of anilines is 8. The van der Waals surface area contributed by atoms with Crippen LogP contribution >= 0.6 is 68.2 Å². The van der Waals surface area contributed by atoms with Crippen LogP contribution in [0.3, 0.4) is 0 Å². The lowest BCUT2D eigenvalue weighted by atomic mass is 10.1. The number of ether oxygens (including phenoxy) is 1. The molecule has 40 heteroatoms. The van der Waals surface area contributed by atoms with Gasteiger partial charge in [0.1, 0.15) is 5.57 Å². The minimum absolute atomic E-state index is 0.0119. The molecule has 0 fully saturated rings. The van der Waals surface area contributed by atoms with E-state index in [9.17, 15) is 57.6 Å². The van der Waals surface area contributed by atoms with Crippen LogP contribution in [0.4, 0.5) is 68.2 Å². The molecule has 122 heavy (non-hydrogen) atoms. The quantitative estimate of drug-likeness (QED) is 0.0217. The van der Waals surface area contributed by atoms with Crippen molar-refractivity contribution in [3.05, 3.63) is 265 Å². The number of aromatic nitrogens is 4. The first kappa shape index (κ1) is 89.5. The van der Waals surface area contributed by atoms with E-state index in [-0.39, 0.29) is 133 Å². The van der Waals surface area contributed by atoms with Gasteiger partial charge < -0.3 is 41.0 Å². The minimum atomic E-state index is -4.11. The van der Waals surface area contributed by atoms with Gasteiger partial charge in [0.15, 0.2) is 22.7 Å². The van der Waals surface area contributed by atoms with E-state index < -0.39 is 62.3 Å². The summed E-state index contributed by atoms with van der Waals surface area (Å²) in [6.45, 7) is 39.6. The second-order valence-electron chi connectivity index (χ2n) is 28.8. The molecule has 0 atom stereocenters. The number of carbonyl (C=O) groups is 2. The van der Waals surface area contributed by atoms with Crippen molar-refractivity contribution in [3.63, 3.8) is 0 Å². The molecule has 0 bridgehead atoms. The summed E-state index contributed by atoms with van der Waals surface area (Å²) in [6.07, 6.45) is 6.91. The summed E-state index contributed by atoms with van der Waals surface area (Å²) in [5, 5.41) is 7.81. The molecule has 0 saturated heterocycles. The maximum Gasteiger partial charge on any atom is 0.264 e. The lowest BCUT2D eigenvalue weighted by Crippen LogP contribution is -2.29. The van der Waals surface area contributed by atoms with Crippen LogP contribution in [-0.4, -0.2) is 118 Å². The predicted molar refractivity (Wildman–Crippen MR) is 491 cm³/mol. The fourth-order valence-electron chi connectivity index (χ4n) is 14.6. The minimum Gasteiger partial charge on any atom is -0.481 e. The van der Waals surface area contributed by atoms with Crippen LogP contribution in [-0.2, 0) is 75.4 Å². The third-order valence-electron chi connectivity index (χ3n) is 19.6. The Morgan fingerprint density at radius 1 is 0.484 bits per heavy atom. The van der Waals surface area contributed by atoms with Gasteiger partial charge in [-0.05, 0) is 145 Å². The number of pyridine rings is 4. The molecule has 8 heterocycles. The number of nitrogens with zero attached hydrogens (tertiary/aromatic N) is 10. The molecule has 4 aliphatic heterocycles. The van der Waals surface area contributed by atoms with E-state index in [1.807, 2.05) is 19.0 Å². The van der Waals surface area contributed by atoms with Crippen LogP contribution in [0.25, 0.3) is 62.5 Å². The van der Waals surface area contributed by atoms with Crippen molar-refractivity contribution in [2.75, 3.05) is 85.9 Å². The Morgan fingerprint density at radius 3 is 1.11 bits per heavy atom. The van der Waals surface area contributed by atoms with E-state index in [0.29, 0.717) is 98.6 Å². The zero-order valence-electron chi connectivity index (χ0n) is 65.8. The highest BCUT2D eigenvalue weighted by Gasteiger charge is 2.40. The molecule has 0 radical (unpaired) electrons. The topological polar surface area (TPSA) is 375 Å². The number of hydrogen-bond acceptors (Lipinski definition) is 17. The molecule has 16 rings (SSSR count). The van der Waals surface area contributed by atoms with E-state index in [2.05, 4.69) is 91.4 Å². The molecule has 0 saturated carbocycles. The van der Waals surface area contributed by atoms with Crippen molar-refractivity contribution in [2.45, 2.75) is 78.8 Å². The van der Waals surface area contributed by atoms with Crippen LogP contribution in [0, 0.1) is 26.3 Å². The van der Waals surface area contributed by atoms with Crippen LogP contribution in [0.1, 0.15) is 36.1 Å². The number of halogens is 5. The van der Waals surface area contributed by atoms with Gasteiger partial charge >= 0.3 is 0 Å². The Hall–Kier alpha value is -11.8. The molecule has 4 aliphatic rings. The first-order valence-electron chi connectivity index (χ1n) is 36.6. The zero-order valence-corrected chi connectivity index (χ0v) is 75.2. The maximum atomic E-state index is 13.7. The number of sulfonamides is 4. The number of amides is 2. The van der Waals surface area contributed by atoms with Gasteiger partial charge in [-0.25, -0.2) is 58.0 Å². The summed E-state index contributed by atoms with van der Waals surface area (Å²) in [7, 11) is -11.0. The third kappa shape index (κ3) is 17.5. The normalized spacial score (nSPS) is 13.2. The summed E-state index contributed by atoms with van der Waals surface area (Å²) >= 11 is 27.6. The summed E-state index contributed by atoms with van der Waals surface area (Å²) in [5.74, 6) is -0.353. The summed E-state index contributed by atoms with van der Waals surface area (Å²) in [6, 6.07) is 30.6. The number of benzene rings is 8. The Labute approximate surface area is 734 Å². The molecule has 8 aromatic carbocycles. The molecule has 0 aliphatic carbocycles. The number of aromatic amines is 3. The van der Waals surface area contributed by atoms with Crippen LogP contribution in [0.5, 0.6) is 5.88 Å². The number of methoxy groups -OCH3 is 1. The summed E-state index contributed by atoms with van der Waals surface area (Å²) in [5.41, 5.74) is 11.6. The van der Waals surface area contributed by atoms with Crippen molar-refractivity contribution in [1.29, 1.82) is 0 Å². The van der Waals surface area contributed by atoms with Crippen molar-refractivity contribution in [3.8, 4) is 5.88 Å². The van der Waals surface area contributed by atoms with Crippen molar-refractivity contribution < 1.29 is 48.0 Å². The molecular formula is C82H71Cl4IN16O14S4Si. The lowest BCUT2D eigenvalue weighted by Gasteiger charge is -2.23. The van der Waals surface area contributed by atoms with Crippen LogP contribution in [0.2, 0.25) is 39.7 Å². The second kappa shape index (κ2) is 35.3. The molecular weight excluding hydrogens is 1860 g/mol. The zero-order chi connectivity index (χ0) is 88.7.